The topological polar surface area (TPSA) is 104 Å². The van der Waals surface area contributed by atoms with E-state index in [4.69, 9.17) is 5.73 Å². The third kappa shape index (κ3) is 3.67. The highest BCUT2D eigenvalue weighted by Gasteiger charge is 2.09. The summed E-state index contributed by atoms with van der Waals surface area (Å²) in [4.78, 5) is 12.8. The standard InChI is InChI=1S/C17H15N5O2S/c1-22-11-19-9-13(22)5-8-15-17(18)20-10-16(21-15)12-3-6-14(7-4-12)25(2,23)24/h3-4,6-7,9-11H,1-2H3,(H2,18,20). The molecule has 0 atom stereocenters. The molecule has 2 heterocycles. The Bertz CT molecular complexity index is 1090. The summed E-state index contributed by atoms with van der Waals surface area (Å²) < 4.78 is 24.9. The van der Waals surface area contributed by atoms with E-state index in [0.29, 0.717) is 11.4 Å². The highest BCUT2D eigenvalue weighted by molar-refractivity contribution is 7.90. The molecule has 0 saturated heterocycles. The number of aryl methyl sites for hydroxylation is 1. The zero-order chi connectivity index (χ0) is 18.0. The monoisotopic (exact) mass is 353 g/mol. The number of benzene rings is 1. The normalized spacial score (nSPS) is 11.0. The van der Waals surface area contributed by atoms with Crippen molar-refractivity contribution in [3.63, 3.8) is 0 Å². The van der Waals surface area contributed by atoms with Gasteiger partial charge >= 0.3 is 0 Å². The van der Waals surface area contributed by atoms with Gasteiger partial charge in [-0.3, -0.25) is 0 Å². The first-order valence-electron chi connectivity index (χ1n) is 7.26. The van der Waals surface area contributed by atoms with Crippen molar-refractivity contribution in [2.24, 2.45) is 7.05 Å². The van der Waals surface area contributed by atoms with Gasteiger partial charge in [0.15, 0.2) is 21.3 Å². The zero-order valence-electron chi connectivity index (χ0n) is 13.6. The van der Waals surface area contributed by atoms with Gasteiger partial charge in [-0.2, -0.15) is 0 Å². The van der Waals surface area contributed by atoms with Gasteiger partial charge in [0.25, 0.3) is 0 Å². The SMILES string of the molecule is Cn1cncc1C#Cc1nc(-c2ccc(S(C)(=O)=O)cc2)cnc1N. The van der Waals surface area contributed by atoms with Crippen LogP contribution in [0.3, 0.4) is 0 Å². The highest BCUT2D eigenvalue weighted by Crippen LogP contribution is 2.20. The number of imidazole rings is 1. The van der Waals surface area contributed by atoms with Crippen molar-refractivity contribution in [2.75, 3.05) is 12.0 Å². The van der Waals surface area contributed by atoms with Crippen molar-refractivity contribution in [3.8, 4) is 23.1 Å². The molecule has 0 aliphatic rings. The summed E-state index contributed by atoms with van der Waals surface area (Å²) in [6.07, 6.45) is 5.99. The molecule has 0 unspecified atom stereocenters. The molecule has 0 aliphatic carbocycles. The maximum absolute atomic E-state index is 11.5. The molecule has 1 aromatic carbocycles. The van der Waals surface area contributed by atoms with Crippen LogP contribution in [0.4, 0.5) is 5.82 Å². The Balaban J connectivity index is 1.97. The minimum absolute atomic E-state index is 0.228. The summed E-state index contributed by atoms with van der Waals surface area (Å²) >= 11 is 0. The maximum Gasteiger partial charge on any atom is 0.175 e. The molecular weight excluding hydrogens is 338 g/mol. The quantitative estimate of drug-likeness (QED) is 0.696. The number of sulfone groups is 1. The Kier molecular flexibility index (Phi) is 4.25. The van der Waals surface area contributed by atoms with Gasteiger partial charge in [-0.25, -0.2) is 23.4 Å². The lowest BCUT2D eigenvalue weighted by Gasteiger charge is -2.04. The van der Waals surface area contributed by atoms with E-state index in [2.05, 4.69) is 26.8 Å². The van der Waals surface area contributed by atoms with E-state index in [0.717, 1.165) is 17.5 Å². The molecule has 7 nitrogen and oxygen atoms in total. The van der Waals surface area contributed by atoms with Crippen LogP contribution in [0.25, 0.3) is 11.3 Å². The second-order valence-corrected chi connectivity index (χ2v) is 7.44. The van der Waals surface area contributed by atoms with Crippen LogP contribution in [0.1, 0.15) is 11.4 Å². The van der Waals surface area contributed by atoms with E-state index in [1.54, 1.807) is 29.2 Å². The van der Waals surface area contributed by atoms with E-state index in [9.17, 15) is 8.42 Å². The summed E-state index contributed by atoms with van der Waals surface area (Å²) in [5.41, 5.74) is 8.21. The van der Waals surface area contributed by atoms with Gasteiger partial charge in [-0.15, -0.1) is 0 Å². The molecule has 126 valence electrons. The Hall–Kier alpha value is -3.18. The van der Waals surface area contributed by atoms with Crippen LogP contribution >= 0.6 is 0 Å². The molecule has 0 bridgehead atoms. The highest BCUT2D eigenvalue weighted by atomic mass is 32.2. The minimum atomic E-state index is -3.24. The molecule has 2 N–H and O–H groups in total. The Morgan fingerprint density at radius 2 is 1.84 bits per heavy atom. The van der Waals surface area contributed by atoms with E-state index in [1.165, 1.54) is 18.3 Å². The zero-order valence-corrected chi connectivity index (χ0v) is 14.4. The van der Waals surface area contributed by atoms with Gasteiger partial charge in [0.2, 0.25) is 0 Å². The van der Waals surface area contributed by atoms with E-state index in [-0.39, 0.29) is 10.7 Å². The number of nitrogen functional groups attached to an aromatic ring is 1. The van der Waals surface area contributed by atoms with Gasteiger partial charge in [0.05, 0.1) is 29.3 Å². The lowest BCUT2D eigenvalue weighted by Crippen LogP contribution is -2.00. The summed E-state index contributed by atoms with van der Waals surface area (Å²) in [7, 11) is -1.40. The smallest absolute Gasteiger partial charge is 0.175 e. The fourth-order valence-corrected chi connectivity index (χ4v) is 2.73. The van der Waals surface area contributed by atoms with Crippen LogP contribution in [0, 0.1) is 11.8 Å². The van der Waals surface area contributed by atoms with Crippen LogP contribution in [-0.2, 0) is 16.9 Å². The van der Waals surface area contributed by atoms with E-state index in [1.807, 2.05) is 7.05 Å². The summed E-state index contributed by atoms with van der Waals surface area (Å²) in [6, 6.07) is 6.41. The number of aromatic nitrogens is 4. The van der Waals surface area contributed by atoms with Gasteiger partial charge in [-0.05, 0) is 24.0 Å². The molecule has 0 amide bonds. The number of hydrogen-bond acceptors (Lipinski definition) is 6. The Morgan fingerprint density at radius 1 is 1.12 bits per heavy atom. The molecule has 0 aliphatic heterocycles. The molecule has 0 radical (unpaired) electrons. The average Bonchev–Trinajstić information content (AvgIpc) is 2.98. The van der Waals surface area contributed by atoms with Crippen molar-refractivity contribution >= 4 is 15.7 Å². The predicted molar refractivity (Wildman–Crippen MR) is 94.2 cm³/mol. The second-order valence-electron chi connectivity index (χ2n) is 5.43. The largest absolute Gasteiger partial charge is 0.381 e. The summed E-state index contributed by atoms with van der Waals surface area (Å²) in [5.74, 6) is 6.07. The van der Waals surface area contributed by atoms with Gasteiger partial charge in [-0.1, -0.05) is 12.1 Å². The van der Waals surface area contributed by atoms with Gasteiger partial charge < -0.3 is 10.3 Å². The van der Waals surface area contributed by atoms with Crippen molar-refractivity contribution in [2.45, 2.75) is 4.90 Å². The second kappa shape index (κ2) is 6.37. The lowest BCUT2D eigenvalue weighted by molar-refractivity contribution is 0.602. The van der Waals surface area contributed by atoms with Gasteiger partial charge in [0, 0.05) is 18.9 Å². The van der Waals surface area contributed by atoms with Crippen LogP contribution in [-0.4, -0.2) is 34.2 Å². The molecule has 8 heteroatoms. The van der Waals surface area contributed by atoms with Crippen molar-refractivity contribution in [1.82, 2.24) is 19.5 Å². The first-order chi connectivity index (χ1) is 11.8. The molecule has 0 spiro atoms. The average molecular weight is 353 g/mol. The minimum Gasteiger partial charge on any atom is -0.381 e. The molecule has 2 aromatic heterocycles. The van der Waals surface area contributed by atoms with Gasteiger partial charge in [0.1, 0.15) is 5.69 Å². The van der Waals surface area contributed by atoms with Crippen LogP contribution < -0.4 is 5.73 Å². The van der Waals surface area contributed by atoms with Crippen LogP contribution in [0.5, 0.6) is 0 Å². The third-order valence-corrected chi connectivity index (χ3v) is 4.63. The molecule has 0 fully saturated rings. The number of anilines is 1. The Morgan fingerprint density at radius 3 is 2.44 bits per heavy atom. The van der Waals surface area contributed by atoms with Crippen LogP contribution in [0.2, 0.25) is 0 Å². The molecule has 3 aromatic rings. The number of rotatable bonds is 2. The summed E-state index contributed by atoms with van der Waals surface area (Å²) in [6.45, 7) is 0. The third-order valence-electron chi connectivity index (χ3n) is 3.50. The Labute approximate surface area is 145 Å². The van der Waals surface area contributed by atoms with E-state index >= 15 is 0 Å². The first-order valence-corrected chi connectivity index (χ1v) is 9.15. The molecular formula is C17H15N5O2S. The molecule has 25 heavy (non-hydrogen) atoms. The molecule has 0 saturated carbocycles. The number of nitrogens with two attached hydrogens (primary N) is 1. The fraction of sp³-hybridized carbons (Fsp3) is 0.118. The summed E-state index contributed by atoms with van der Waals surface area (Å²) in [5, 5.41) is 0. The fourth-order valence-electron chi connectivity index (χ4n) is 2.10. The number of nitrogens with zero attached hydrogens (tertiary/aromatic N) is 4. The van der Waals surface area contributed by atoms with E-state index < -0.39 is 9.84 Å². The lowest BCUT2D eigenvalue weighted by atomic mass is 10.1. The predicted octanol–water partition coefficient (Wildman–Crippen LogP) is 1.26. The van der Waals surface area contributed by atoms with Crippen LogP contribution in [0.15, 0.2) is 47.9 Å². The maximum atomic E-state index is 11.5. The van der Waals surface area contributed by atoms with Crippen molar-refractivity contribution in [1.29, 1.82) is 0 Å². The number of hydrogen-bond donors (Lipinski definition) is 1. The first kappa shape index (κ1) is 16.7. The molecule has 3 rings (SSSR count). The van der Waals surface area contributed by atoms with Crippen molar-refractivity contribution in [3.05, 3.63) is 54.4 Å². The van der Waals surface area contributed by atoms with Crippen molar-refractivity contribution < 1.29 is 8.42 Å².